The second-order valence-electron chi connectivity index (χ2n) is 5.68. The Morgan fingerprint density at radius 3 is 2.70 bits per heavy atom. The highest BCUT2D eigenvalue weighted by Crippen LogP contribution is 2.23. The monoisotopic (exact) mass is 327 g/mol. The number of hydrogen-bond acceptors (Lipinski definition) is 5. The Bertz CT molecular complexity index is 814. The van der Waals surface area contributed by atoms with Gasteiger partial charge in [0.2, 0.25) is 0 Å². The van der Waals surface area contributed by atoms with Gasteiger partial charge in [-0.3, -0.25) is 9.89 Å². The van der Waals surface area contributed by atoms with E-state index in [0.29, 0.717) is 18.1 Å². The minimum Gasteiger partial charge on any atom is -0.352 e. The molecule has 118 valence electrons. The summed E-state index contributed by atoms with van der Waals surface area (Å²) in [6.45, 7) is 4.96. The number of rotatable bonds is 2. The number of anilines is 1. The summed E-state index contributed by atoms with van der Waals surface area (Å²) in [6, 6.07) is 9.90. The van der Waals surface area contributed by atoms with Crippen molar-refractivity contribution in [3.05, 3.63) is 41.0 Å². The number of nitrogens with one attached hydrogen (secondary N) is 1. The zero-order chi connectivity index (χ0) is 15.8. The molecule has 0 spiro atoms. The number of thiazole rings is 1. The van der Waals surface area contributed by atoms with Crippen LogP contribution in [0.5, 0.6) is 0 Å². The first-order valence-electron chi connectivity index (χ1n) is 7.62. The molecule has 23 heavy (non-hydrogen) atoms. The molecule has 1 aliphatic heterocycles. The fourth-order valence-electron chi connectivity index (χ4n) is 2.80. The number of amides is 1. The topological polar surface area (TPSA) is 65.1 Å². The highest BCUT2D eigenvalue weighted by molar-refractivity contribution is 7.20. The number of aryl methyl sites for hydroxylation is 1. The van der Waals surface area contributed by atoms with Crippen molar-refractivity contribution in [3.63, 3.8) is 0 Å². The number of fused-ring (bicyclic) bond motifs is 1. The van der Waals surface area contributed by atoms with E-state index >= 15 is 0 Å². The van der Waals surface area contributed by atoms with Gasteiger partial charge >= 0.3 is 0 Å². The van der Waals surface area contributed by atoms with Crippen LogP contribution in [0, 0.1) is 6.92 Å². The van der Waals surface area contributed by atoms with E-state index in [1.807, 2.05) is 42.2 Å². The van der Waals surface area contributed by atoms with Crippen LogP contribution in [0.25, 0.3) is 10.2 Å². The van der Waals surface area contributed by atoms with E-state index in [0.717, 1.165) is 34.8 Å². The third-order valence-corrected chi connectivity index (χ3v) is 5.08. The van der Waals surface area contributed by atoms with Crippen LogP contribution in [-0.2, 0) is 0 Å². The lowest BCUT2D eigenvalue weighted by Gasteiger charge is -2.34. The molecule has 4 rings (SSSR count). The zero-order valence-electron chi connectivity index (χ0n) is 12.8. The number of carbonyl (C=O) groups excluding carboxylic acids is 1. The summed E-state index contributed by atoms with van der Waals surface area (Å²) in [5, 5.41) is 7.82. The summed E-state index contributed by atoms with van der Waals surface area (Å²) >= 11 is 1.47. The number of benzene rings is 1. The third-order valence-electron chi connectivity index (χ3n) is 4.06. The smallest absolute Gasteiger partial charge is 0.282 e. The average Bonchev–Trinajstić information content (AvgIpc) is 3.20. The summed E-state index contributed by atoms with van der Waals surface area (Å²) in [5.74, 6) is 0.985. The SMILES string of the molecule is Cc1cc(N2CCN(C(=O)c3nc4ccccc4s3)CC2)n[nH]1. The van der Waals surface area contributed by atoms with Gasteiger partial charge in [-0.1, -0.05) is 12.1 Å². The molecule has 1 fully saturated rings. The molecule has 0 radical (unpaired) electrons. The van der Waals surface area contributed by atoms with Gasteiger partial charge in [-0.2, -0.15) is 5.10 Å². The van der Waals surface area contributed by atoms with E-state index in [2.05, 4.69) is 20.1 Å². The molecule has 6 nitrogen and oxygen atoms in total. The molecule has 2 aromatic heterocycles. The highest BCUT2D eigenvalue weighted by Gasteiger charge is 2.25. The molecule has 7 heteroatoms. The number of H-pyrrole nitrogens is 1. The molecule has 0 atom stereocenters. The lowest BCUT2D eigenvalue weighted by Crippen LogP contribution is -2.48. The van der Waals surface area contributed by atoms with Crippen molar-refractivity contribution in [2.75, 3.05) is 31.1 Å². The molecule has 0 bridgehead atoms. The van der Waals surface area contributed by atoms with Crippen LogP contribution in [0.15, 0.2) is 30.3 Å². The van der Waals surface area contributed by atoms with Crippen molar-refractivity contribution in [3.8, 4) is 0 Å². The fourth-order valence-corrected chi connectivity index (χ4v) is 3.74. The second kappa shape index (κ2) is 5.66. The zero-order valence-corrected chi connectivity index (χ0v) is 13.6. The van der Waals surface area contributed by atoms with Gasteiger partial charge in [-0.05, 0) is 19.1 Å². The van der Waals surface area contributed by atoms with Gasteiger partial charge in [0.25, 0.3) is 5.91 Å². The molecule has 0 saturated carbocycles. The minimum absolute atomic E-state index is 0.0315. The Balaban J connectivity index is 1.46. The Morgan fingerprint density at radius 1 is 1.22 bits per heavy atom. The summed E-state index contributed by atoms with van der Waals surface area (Å²) in [4.78, 5) is 21.2. The van der Waals surface area contributed by atoms with E-state index in [1.165, 1.54) is 11.3 Å². The van der Waals surface area contributed by atoms with Crippen LogP contribution in [0.4, 0.5) is 5.82 Å². The number of aromatic nitrogens is 3. The van der Waals surface area contributed by atoms with Crippen molar-refractivity contribution in [1.29, 1.82) is 0 Å². The number of aromatic amines is 1. The van der Waals surface area contributed by atoms with E-state index in [9.17, 15) is 4.79 Å². The van der Waals surface area contributed by atoms with Gasteiger partial charge in [0, 0.05) is 37.9 Å². The van der Waals surface area contributed by atoms with Crippen molar-refractivity contribution in [2.24, 2.45) is 0 Å². The molecular weight excluding hydrogens is 310 g/mol. The molecule has 0 aliphatic carbocycles. The van der Waals surface area contributed by atoms with Gasteiger partial charge in [-0.25, -0.2) is 4.98 Å². The van der Waals surface area contributed by atoms with Crippen LogP contribution in [0.1, 0.15) is 15.5 Å². The van der Waals surface area contributed by atoms with Crippen molar-refractivity contribution < 1.29 is 4.79 Å². The molecule has 1 aliphatic rings. The van der Waals surface area contributed by atoms with Crippen molar-refractivity contribution in [1.82, 2.24) is 20.1 Å². The van der Waals surface area contributed by atoms with Gasteiger partial charge in [-0.15, -0.1) is 11.3 Å². The van der Waals surface area contributed by atoms with Gasteiger partial charge in [0.1, 0.15) is 0 Å². The Labute approximate surface area is 137 Å². The van der Waals surface area contributed by atoms with Gasteiger partial charge < -0.3 is 9.80 Å². The lowest BCUT2D eigenvalue weighted by molar-refractivity contribution is 0.0746. The maximum absolute atomic E-state index is 12.7. The Morgan fingerprint density at radius 2 is 2.00 bits per heavy atom. The predicted molar refractivity (Wildman–Crippen MR) is 91.1 cm³/mol. The third kappa shape index (κ3) is 2.68. The largest absolute Gasteiger partial charge is 0.352 e. The number of piperazine rings is 1. The Kier molecular flexibility index (Phi) is 3.49. The maximum Gasteiger partial charge on any atom is 0.282 e. The van der Waals surface area contributed by atoms with Crippen LogP contribution >= 0.6 is 11.3 Å². The van der Waals surface area contributed by atoms with E-state index in [-0.39, 0.29) is 5.91 Å². The summed E-state index contributed by atoms with van der Waals surface area (Å²) in [6.07, 6.45) is 0. The van der Waals surface area contributed by atoms with E-state index < -0.39 is 0 Å². The summed E-state index contributed by atoms with van der Waals surface area (Å²) < 4.78 is 1.06. The van der Waals surface area contributed by atoms with Crippen LogP contribution < -0.4 is 4.90 Å². The molecule has 0 unspecified atom stereocenters. The molecule has 1 saturated heterocycles. The summed E-state index contributed by atoms with van der Waals surface area (Å²) in [7, 11) is 0. The normalized spacial score (nSPS) is 15.3. The minimum atomic E-state index is 0.0315. The number of nitrogens with zero attached hydrogens (tertiary/aromatic N) is 4. The Hall–Kier alpha value is -2.41. The lowest BCUT2D eigenvalue weighted by atomic mass is 10.3. The summed E-state index contributed by atoms with van der Waals surface area (Å²) in [5.41, 5.74) is 1.94. The number of carbonyl (C=O) groups is 1. The number of hydrogen-bond donors (Lipinski definition) is 1. The predicted octanol–water partition coefficient (Wildman–Crippen LogP) is 2.29. The second-order valence-corrected chi connectivity index (χ2v) is 6.71. The first-order chi connectivity index (χ1) is 11.2. The molecule has 1 N–H and O–H groups in total. The number of para-hydroxylation sites is 1. The fraction of sp³-hybridized carbons (Fsp3) is 0.312. The van der Waals surface area contributed by atoms with Crippen LogP contribution in [-0.4, -0.2) is 52.2 Å². The van der Waals surface area contributed by atoms with Crippen LogP contribution in [0.2, 0.25) is 0 Å². The molecule has 1 amide bonds. The average molecular weight is 327 g/mol. The molecule has 3 heterocycles. The van der Waals surface area contributed by atoms with Crippen molar-refractivity contribution >= 4 is 33.3 Å². The van der Waals surface area contributed by atoms with Gasteiger partial charge in [0.05, 0.1) is 10.2 Å². The first kappa shape index (κ1) is 14.2. The first-order valence-corrected chi connectivity index (χ1v) is 8.44. The highest BCUT2D eigenvalue weighted by atomic mass is 32.1. The standard InChI is InChI=1S/C16H17N5OS/c1-11-10-14(19-18-11)20-6-8-21(9-7-20)16(22)15-17-12-4-2-3-5-13(12)23-15/h2-5,10H,6-9H2,1H3,(H,18,19). The molecular formula is C16H17N5OS. The van der Waals surface area contributed by atoms with E-state index in [1.54, 1.807) is 0 Å². The van der Waals surface area contributed by atoms with Crippen molar-refractivity contribution in [2.45, 2.75) is 6.92 Å². The van der Waals surface area contributed by atoms with Crippen LogP contribution in [0.3, 0.4) is 0 Å². The van der Waals surface area contributed by atoms with E-state index in [4.69, 9.17) is 0 Å². The quantitative estimate of drug-likeness (QED) is 0.784. The van der Waals surface area contributed by atoms with Gasteiger partial charge in [0.15, 0.2) is 10.8 Å². The molecule has 3 aromatic rings. The molecule has 1 aromatic carbocycles. The maximum atomic E-state index is 12.7.